The minimum atomic E-state index is 0.762. The van der Waals surface area contributed by atoms with Crippen molar-refractivity contribution in [3.05, 3.63) is 0 Å². The van der Waals surface area contributed by atoms with Crippen LogP contribution in [0.5, 0.6) is 0 Å². The fourth-order valence-corrected chi connectivity index (χ4v) is 2.97. The van der Waals surface area contributed by atoms with Crippen molar-refractivity contribution in [1.29, 1.82) is 0 Å². The minimum Gasteiger partial charge on any atom is -0.0651 e. The van der Waals surface area contributed by atoms with Crippen molar-refractivity contribution >= 4 is 0 Å². The van der Waals surface area contributed by atoms with Gasteiger partial charge in [-0.3, -0.25) is 0 Å². The summed E-state index contributed by atoms with van der Waals surface area (Å²) >= 11 is 0. The lowest BCUT2D eigenvalue weighted by atomic mass is 9.68. The van der Waals surface area contributed by atoms with Crippen LogP contribution in [0.2, 0.25) is 0 Å². The van der Waals surface area contributed by atoms with Crippen LogP contribution in [0.3, 0.4) is 0 Å². The van der Waals surface area contributed by atoms with E-state index in [4.69, 9.17) is 0 Å². The SMILES string of the molecule is CCC1CCC1CC1(C)CC1C. The molecule has 2 rings (SSSR count). The molecule has 0 aliphatic heterocycles. The second-order valence-electron chi connectivity index (χ2n) is 5.47. The van der Waals surface area contributed by atoms with Crippen molar-refractivity contribution in [1.82, 2.24) is 0 Å². The van der Waals surface area contributed by atoms with E-state index in [2.05, 4.69) is 20.8 Å². The summed E-state index contributed by atoms with van der Waals surface area (Å²) in [6.07, 6.45) is 7.51. The number of hydrogen-bond acceptors (Lipinski definition) is 0. The lowest BCUT2D eigenvalue weighted by Gasteiger charge is -2.38. The van der Waals surface area contributed by atoms with Crippen LogP contribution < -0.4 is 0 Å². The summed E-state index contributed by atoms with van der Waals surface area (Å²) in [6, 6.07) is 0. The van der Waals surface area contributed by atoms with Gasteiger partial charge in [-0.05, 0) is 48.9 Å². The van der Waals surface area contributed by atoms with E-state index in [1.54, 1.807) is 0 Å². The third-order valence-electron chi connectivity index (χ3n) is 4.63. The Morgan fingerprint density at radius 1 is 1.25 bits per heavy atom. The van der Waals surface area contributed by atoms with Crippen LogP contribution in [0, 0.1) is 23.2 Å². The molecular weight excluding hydrogens is 144 g/mol. The van der Waals surface area contributed by atoms with Gasteiger partial charge in [-0.1, -0.05) is 27.2 Å². The van der Waals surface area contributed by atoms with E-state index in [0.717, 1.165) is 23.2 Å². The smallest absolute Gasteiger partial charge is 0.0294 e. The Hall–Kier alpha value is 0. The van der Waals surface area contributed by atoms with Crippen molar-refractivity contribution in [3.63, 3.8) is 0 Å². The van der Waals surface area contributed by atoms with E-state index >= 15 is 0 Å². The Bertz CT molecular complexity index is 171. The van der Waals surface area contributed by atoms with Gasteiger partial charge in [0.15, 0.2) is 0 Å². The van der Waals surface area contributed by atoms with Crippen LogP contribution in [0.4, 0.5) is 0 Å². The standard InChI is InChI=1S/C12H22/c1-4-10-5-6-11(10)8-12(3)7-9(12)2/h9-11H,4-8H2,1-3H3. The highest BCUT2D eigenvalue weighted by Gasteiger charge is 2.49. The molecule has 2 fully saturated rings. The molecule has 0 amide bonds. The van der Waals surface area contributed by atoms with E-state index in [0.29, 0.717) is 0 Å². The highest BCUT2D eigenvalue weighted by Crippen LogP contribution is 2.59. The molecule has 0 aromatic rings. The Kier molecular flexibility index (Phi) is 1.97. The van der Waals surface area contributed by atoms with E-state index < -0.39 is 0 Å². The van der Waals surface area contributed by atoms with Crippen LogP contribution in [-0.4, -0.2) is 0 Å². The second kappa shape index (κ2) is 2.75. The van der Waals surface area contributed by atoms with Gasteiger partial charge in [0.25, 0.3) is 0 Å². The number of hydrogen-bond donors (Lipinski definition) is 0. The van der Waals surface area contributed by atoms with Gasteiger partial charge < -0.3 is 0 Å². The molecule has 0 aromatic carbocycles. The molecule has 0 aromatic heterocycles. The van der Waals surface area contributed by atoms with Gasteiger partial charge in [0.2, 0.25) is 0 Å². The molecule has 0 radical (unpaired) electrons. The average molecular weight is 166 g/mol. The molecule has 0 bridgehead atoms. The predicted molar refractivity (Wildman–Crippen MR) is 53.0 cm³/mol. The topological polar surface area (TPSA) is 0 Å². The lowest BCUT2D eigenvalue weighted by Crippen LogP contribution is -2.27. The minimum absolute atomic E-state index is 0.762. The zero-order chi connectivity index (χ0) is 8.77. The van der Waals surface area contributed by atoms with E-state index in [1.165, 1.54) is 32.1 Å². The second-order valence-corrected chi connectivity index (χ2v) is 5.47. The average Bonchev–Trinajstić information content (AvgIpc) is 2.55. The third-order valence-corrected chi connectivity index (χ3v) is 4.63. The zero-order valence-corrected chi connectivity index (χ0v) is 8.77. The molecule has 0 nitrogen and oxygen atoms in total. The monoisotopic (exact) mass is 166 g/mol. The van der Waals surface area contributed by atoms with E-state index in [-0.39, 0.29) is 0 Å². The third kappa shape index (κ3) is 1.30. The summed E-state index contributed by atoms with van der Waals surface area (Å²) in [6.45, 7) is 7.26. The summed E-state index contributed by atoms with van der Waals surface area (Å²) in [4.78, 5) is 0. The highest BCUT2D eigenvalue weighted by molar-refractivity contribution is 4.99. The highest BCUT2D eigenvalue weighted by atomic mass is 14.5. The lowest BCUT2D eigenvalue weighted by molar-refractivity contribution is 0.130. The van der Waals surface area contributed by atoms with Crippen molar-refractivity contribution in [2.24, 2.45) is 23.2 Å². The maximum absolute atomic E-state index is 2.49. The molecule has 70 valence electrons. The molecule has 0 saturated heterocycles. The molecule has 0 heterocycles. The van der Waals surface area contributed by atoms with Crippen LogP contribution in [0.15, 0.2) is 0 Å². The Balaban J connectivity index is 1.80. The Labute approximate surface area is 76.7 Å². The summed E-state index contributed by atoms with van der Waals surface area (Å²) < 4.78 is 0. The fourth-order valence-electron chi connectivity index (χ4n) is 2.97. The van der Waals surface area contributed by atoms with Gasteiger partial charge in [0.1, 0.15) is 0 Å². The molecule has 0 N–H and O–H groups in total. The molecule has 4 atom stereocenters. The molecule has 2 aliphatic carbocycles. The summed E-state index contributed by atoms with van der Waals surface area (Å²) in [5.41, 5.74) is 0.762. The quantitative estimate of drug-likeness (QED) is 0.597. The maximum Gasteiger partial charge on any atom is -0.0294 e. The normalized spacial score (nSPS) is 51.8. The fraction of sp³-hybridized carbons (Fsp3) is 1.00. The molecule has 4 unspecified atom stereocenters. The van der Waals surface area contributed by atoms with Crippen LogP contribution >= 0.6 is 0 Å². The van der Waals surface area contributed by atoms with Crippen LogP contribution in [-0.2, 0) is 0 Å². The molecule has 2 aliphatic rings. The largest absolute Gasteiger partial charge is 0.0651 e. The van der Waals surface area contributed by atoms with Gasteiger partial charge in [0.05, 0.1) is 0 Å². The maximum atomic E-state index is 2.49. The molecule has 0 spiro atoms. The van der Waals surface area contributed by atoms with Crippen LogP contribution in [0.25, 0.3) is 0 Å². The first-order valence-corrected chi connectivity index (χ1v) is 5.65. The molecule has 12 heavy (non-hydrogen) atoms. The Morgan fingerprint density at radius 2 is 1.83 bits per heavy atom. The zero-order valence-electron chi connectivity index (χ0n) is 8.77. The predicted octanol–water partition coefficient (Wildman–Crippen LogP) is 3.86. The molecule has 2 saturated carbocycles. The first kappa shape index (κ1) is 8.59. The van der Waals surface area contributed by atoms with Gasteiger partial charge >= 0.3 is 0 Å². The molecular formula is C12H22. The molecule has 0 heteroatoms. The van der Waals surface area contributed by atoms with Crippen molar-refractivity contribution in [2.45, 2.75) is 52.9 Å². The first-order chi connectivity index (χ1) is 5.65. The van der Waals surface area contributed by atoms with Crippen molar-refractivity contribution in [2.75, 3.05) is 0 Å². The van der Waals surface area contributed by atoms with Gasteiger partial charge in [0, 0.05) is 0 Å². The van der Waals surface area contributed by atoms with Gasteiger partial charge in [-0.15, -0.1) is 0 Å². The van der Waals surface area contributed by atoms with Crippen molar-refractivity contribution in [3.8, 4) is 0 Å². The van der Waals surface area contributed by atoms with Crippen molar-refractivity contribution < 1.29 is 0 Å². The summed E-state index contributed by atoms with van der Waals surface area (Å²) in [5.74, 6) is 3.22. The van der Waals surface area contributed by atoms with E-state index in [9.17, 15) is 0 Å². The van der Waals surface area contributed by atoms with Gasteiger partial charge in [-0.2, -0.15) is 0 Å². The number of rotatable bonds is 3. The van der Waals surface area contributed by atoms with Crippen LogP contribution in [0.1, 0.15) is 52.9 Å². The van der Waals surface area contributed by atoms with Gasteiger partial charge in [-0.25, -0.2) is 0 Å². The summed E-state index contributed by atoms with van der Waals surface area (Å²) in [5, 5.41) is 0. The Morgan fingerprint density at radius 3 is 2.17 bits per heavy atom. The summed E-state index contributed by atoms with van der Waals surface area (Å²) in [7, 11) is 0. The first-order valence-electron chi connectivity index (χ1n) is 5.65. The van der Waals surface area contributed by atoms with E-state index in [1.807, 2.05) is 0 Å².